The number of hydrogen-bond donors (Lipinski definition) is 3. The van der Waals surface area contributed by atoms with Crippen LogP contribution in [-0.2, 0) is 32.2 Å². The average molecular weight is 552 g/mol. The van der Waals surface area contributed by atoms with E-state index < -0.39 is 6.29 Å². The van der Waals surface area contributed by atoms with Gasteiger partial charge in [-0.15, -0.1) is 6.58 Å². The molecule has 2 aromatic carbocycles. The summed E-state index contributed by atoms with van der Waals surface area (Å²) in [5.74, 6) is 0.116. The van der Waals surface area contributed by atoms with Gasteiger partial charge in [0, 0.05) is 51.0 Å². The molecule has 3 rings (SSSR count). The summed E-state index contributed by atoms with van der Waals surface area (Å²) in [5, 5.41) is 15.2. The Morgan fingerprint density at radius 1 is 0.975 bits per heavy atom. The lowest BCUT2D eigenvalue weighted by Crippen LogP contribution is -2.43. The van der Waals surface area contributed by atoms with Gasteiger partial charge in [0.15, 0.2) is 6.29 Å². The second-order valence-corrected chi connectivity index (χ2v) is 10.6. The molecule has 1 saturated heterocycles. The quantitative estimate of drug-likeness (QED) is 0.224. The first kappa shape index (κ1) is 31.5. The summed E-state index contributed by atoms with van der Waals surface area (Å²) in [4.78, 5) is 25.3. The number of likely N-dealkylation sites (N-methyl/N-ethyl adjacent to an activating group) is 1. The molecule has 0 aliphatic carbocycles. The lowest BCUT2D eigenvalue weighted by molar-refractivity contribution is -0.275. The molecule has 2 aromatic rings. The summed E-state index contributed by atoms with van der Waals surface area (Å²) in [5.41, 5.74) is 3.86. The minimum atomic E-state index is -0.526. The van der Waals surface area contributed by atoms with Crippen LogP contribution in [-0.4, -0.2) is 54.6 Å². The molecule has 8 heteroatoms. The number of amides is 2. The van der Waals surface area contributed by atoms with Crippen molar-refractivity contribution < 1.29 is 24.2 Å². The van der Waals surface area contributed by atoms with Crippen molar-refractivity contribution in [3.63, 3.8) is 0 Å². The van der Waals surface area contributed by atoms with Crippen molar-refractivity contribution >= 4 is 11.8 Å². The van der Waals surface area contributed by atoms with Gasteiger partial charge in [-0.2, -0.15) is 0 Å². The largest absolute Gasteiger partial charge is 0.392 e. The molecule has 1 heterocycles. The molecule has 4 atom stereocenters. The predicted octanol–water partition coefficient (Wildman–Crippen LogP) is 4.40. The Balaban J connectivity index is 1.59. The highest BCUT2D eigenvalue weighted by Gasteiger charge is 2.38. The fourth-order valence-electron chi connectivity index (χ4n) is 4.86. The van der Waals surface area contributed by atoms with Crippen molar-refractivity contribution in [1.82, 2.24) is 15.5 Å². The normalized spacial score (nSPS) is 20.7. The van der Waals surface area contributed by atoms with Crippen molar-refractivity contribution in [2.45, 2.75) is 71.2 Å². The first-order valence-electron chi connectivity index (χ1n) is 14.2. The second kappa shape index (κ2) is 16.3. The molecular formula is C32H45N3O5. The van der Waals surface area contributed by atoms with Crippen molar-refractivity contribution in [2.24, 2.45) is 5.92 Å². The van der Waals surface area contributed by atoms with Crippen LogP contribution in [0.2, 0.25) is 0 Å². The van der Waals surface area contributed by atoms with Gasteiger partial charge in [0.1, 0.15) is 0 Å². The van der Waals surface area contributed by atoms with E-state index in [-0.39, 0.29) is 36.5 Å². The van der Waals surface area contributed by atoms with Gasteiger partial charge in [-0.1, -0.05) is 68.0 Å². The van der Waals surface area contributed by atoms with E-state index in [1.165, 1.54) is 6.92 Å². The minimum Gasteiger partial charge on any atom is -0.392 e. The summed E-state index contributed by atoms with van der Waals surface area (Å²) in [7, 11) is 2.06. The van der Waals surface area contributed by atoms with Gasteiger partial charge in [-0.05, 0) is 36.6 Å². The number of benzene rings is 2. The van der Waals surface area contributed by atoms with Gasteiger partial charge in [-0.25, -0.2) is 0 Å². The molecule has 0 spiro atoms. The monoisotopic (exact) mass is 551 g/mol. The number of ether oxygens (including phenoxy) is 2. The number of unbranched alkanes of at least 4 members (excludes halogenated alkanes) is 2. The third-order valence-corrected chi connectivity index (χ3v) is 7.25. The molecule has 0 saturated carbocycles. The van der Waals surface area contributed by atoms with E-state index in [9.17, 15) is 14.7 Å². The smallest absolute Gasteiger partial charge is 0.220 e. The van der Waals surface area contributed by atoms with E-state index in [2.05, 4.69) is 36.1 Å². The zero-order valence-corrected chi connectivity index (χ0v) is 24.1. The maximum Gasteiger partial charge on any atom is 0.220 e. The van der Waals surface area contributed by atoms with E-state index >= 15 is 0 Å². The van der Waals surface area contributed by atoms with Gasteiger partial charge >= 0.3 is 0 Å². The Labute approximate surface area is 238 Å². The van der Waals surface area contributed by atoms with Crippen molar-refractivity contribution in [2.75, 3.05) is 26.7 Å². The Morgan fingerprint density at radius 2 is 1.65 bits per heavy atom. The van der Waals surface area contributed by atoms with Crippen molar-refractivity contribution in [3.8, 4) is 0 Å². The molecule has 40 heavy (non-hydrogen) atoms. The Morgan fingerprint density at radius 3 is 2.30 bits per heavy atom. The molecular weight excluding hydrogens is 506 g/mol. The molecule has 218 valence electrons. The predicted molar refractivity (Wildman–Crippen MR) is 156 cm³/mol. The van der Waals surface area contributed by atoms with Crippen molar-refractivity contribution in [3.05, 3.63) is 83.4 Å². The Bertz CT molecular complexity index is 1070. The summed E-state index contributed by atoms with van der Waals surface area (Å²) in [6.45, 7) is 10.2. The van der Waals surface area contributed by atoms with E-state index in [1.807, 2.05) is 54.6 Å². The van der Waals surface area contributed by atoms with Crippen LogP contribution in [0.1, 0.15) is 74.2 Å². The van der Waals surface area contributed by atoms with Gasteiger partial charge < -0.3 is 30.1 Å². The number of rotatable bonds is 15. The lowest BCUT2D eigenvalue weighted by atomic mass is 9.90. The van der Waals surface area contributed by atoms with Gasteiger partial charge in [0.2, 0.25) is 11.8 Å². The molecule has 8 nitrogen and oxygen atoms in total. The van der Waals surface area contributed by atoms with Crippen LogP contribution in [0.15, 0.2) is 61.2 Å². The molecule has 0 aromatic heterocycles. The van der Waals surface area contributed by atoms with Gasteiger partial charge in [0.05, 0.1) is 18.8 Å². The maximum atomic E-state index is 12.2. The number of hydrogen-bond acceptors (Lipinski definition) is 6. The molecule has 1 aliphatic heterocycles. The first-order valence-corrected chi connectivity index (χ1v) is 14.2. The lowest BCUT2D eigenvalue weighted by Gasteiger charge is -2.42. The molecule has 0 unspecified atom stereocenters. The van der Waals surface area contributed by atoms with Crippen LogP contribution >= 0.6 is 0 Å². The highest BCUT2D eigenvalue weighted by molar-refractivity contribution is 5.75. The van der Waals surface area contributed by atoms with Crippen LogP contribution < -0.4 is 10.6 Å². The third kappa shape index (κ3) is 9.86. The summed E-state index contributed by atoms with van der Waals surface area (Å²) in [6, 6.07) is 15.9. The average Bonchev–Trinajstić information content (AvgIpc) is 2.95. The summed E-state index contributed by atoms with van der Waals surface area (Å²) in [6.07, 6.45) is 4.20. The van der Waals surface area contributed by atoms with E-state index in [0.29, 0.717) is 19.5 Å². The Kier molecular flexibility index (Phi) is 12.8. The molecule has 3 N–H and O–H groups in total. The number of aliphatic hydroxyl groups is 1. The summed E-state index contributed by atoms with van der Waals surface area (Å²) >= 11 is 0. The molecule has 2 amide bonds. The maximum absolute atomic E-state index is 12.2. The minimum absolute atomic E-state index is 0.00873. The number of carbonyl (C=O) groups excluding carboxylic acids is 2. The summed E-state index contributed by atoms with van der Waals surface area (Å²) < 4.78 is 13.0. The highest BCUT2D eigenvalue weighted by Crippen LogP contribution is 2.41. The van der Waals surface area contributed by atoms with Crippen LogP contribution in [0.25, 0.3) is 0 Å². The first-order chi connectivity index (χ1) is 19.3. The van der Waals surface area contributed by atoms with Crippen LogP contribution in [0.4, 0.5) is 0 Å². The fourth-order valence-corrected chi connectivity index (χ4v) is 4.86. The number of nitrogens with zero attached hydrogens (tertiary/aromatic N) is 1. The molecule has 0 bridgehead atoms. The van der Waals surface area contributed by atoms with Gasteiger partial charge in [-0.3, -0.25) is 9.59 Å². The molecule has 0 radical (unpaired) electrons. The van der Waals surface area contributed by atoms with Crippen LogP contribution in [0.3, 0.4) is 0 Å². The zero-order valence-electron chi connectivity index (χ0n) is 24.1. The number of aliphatic hydroxyl groups excluding tert-OH is 1. The highest BCUT2D eigenvalue weighted by atomic mass is 16.7. The number of carbonyl (C=O) groups is 2. The van der Waals surface area contributed by atoms with Gasteiger partial charge in [0.25, 0.3) is 0 Å². The van der Waals surface area contributed by atoms with E-state index in [1.54, 1.807) is 0 Å². The van der Waals surface area contributed by atoms with E-state index in [4.69, 9.17) is 9.47 Å². The van der Waals surface area contributed by atoms with E-state index in [0.717, 1.165) is 54.6 Å². The Hall–Kier alpha value is -3.04. The number of nitrogens with one attached hydrogen (secondary N) is 2. The molecule has 1 fully saturated rings. The fraction of sp³-hybridized carbons (Fsp3) is 0.500. The molecule has 1 aliphatic rings. The topological polar surface area (TPSA) is 100 Å². The SMILES string of the molecule is C=CCN(C)C[C@H]1O[C@@H](c2ccc(CNC(=O)CCCCCNC(C)=O)cc2)O[C@@H](c2ccc(CO)cc2)[C@H]1C. The van der Waals surface area contributed by atoms with Crippen LogP contribution in [0, 0.1) is 5.92 Å². The van der Waals surface area contributed by atoms with Crippen molar-refractivity contribution in [1.29, 1.82) is 0 Å². The van der Waals surface area contributed by atoms with Crippen LogP contribution in [0.5, 0.6) is 0 Å². The standard InChI is InChI=1S/C32H45N3O5/c1-5-19-35(4)21-29-23(2)31(27-14-12-26(22-36)13-15-27)40-32(39-29)28-16-10-25(11-17-28)20-34-30(38)9-7-6-8-18-33-24(3)37/h5,10-17,23,29,31-32,36H,1,6-9,18-22H2,2-4H3,(H,33,37)(H,34,38)/t23-,29+,31+,32+/m0/s1. The second-order valence-electron chi connectivity index (χ2n) is 10.6. The zero-order chi connectivity index (χ0) is 28.9. The third-order valence-electron chi connectivity index (χ3n) is 7.25.